The van der Waals surface area contributed by atoms with E-state index < -0.39 is 0 Å². The van der Waals surface area contributed by atoms with Gasteiger partial charge in [-0.3, -0.25) is 4.79 Å². The largest absolute Gasteiger partial charge is 0.467 e. The van der Waals surface area contributed by atoms with Crippen molar-refractivity contribution < 1.29 is 9.21 Å². The number of aryl methyl sites for hydroxylation is 1. The monoisotopic (exact) mass is 368 g/mol. The van der Waals surface area contributed by atoms with Gasteiger partial charge in [0.2, 0.25) is 5.91 Å². The van der Waals surface area contributed by atoms with Crippen molar-refractivity contribution in [1.29, 1.82) is 0 Å². The van der Waals surface area contributed by atoms with Crippen LogP contribution in [0.1, 0.15) is 35.8 Å². The van der Waals surface area contributed by atoms with Gasteiger partial charge in [-0.15, -0.1) is 10.2 Å². The molecule has 0 fully saturated rings. The van der Waals surface area contributed by atoms with Crippen molar-refractivity contribution in [3.05, 3.63) is 65.9 Å². The Balaban J connectivity index is 1.35. The number of fused-ring (bicyclic) bond motifs is 1. The fraction of sp³-hybridized carbons (Fsp3) is 0.316. The van der Waals surface area contributed by atoms with Crippen LogP contribution in [0, 0.1) is 0 Å². The number of thioether (sulfide) groups is 1. The van der Waals surface area contributed by atoms with Gasteiger partial charge in [0.1, 0.15) is 12.1 Å². The molecule has 1 unspecified atom stereocenters. The fourth-order valence-electron chi connectivity index (χ4n) is 3.31. The number of nitrogens with zero attached hydrogens (tertiary/aromatic N) is 3. The molecule has 0 radical (unpaired) electrons. The van der Waals surface area contributed by atoms with Crippen molar-refractivity contribution in [3.8, 4) is 0 Å². The van der Waals surface area contributed by atoms with Crippen LogP contribution in [0.15, 0.2) is 58.6 Å². The molecule has 3 aromatic rings. The minimum atomic E-state index is 0.0178. The molecule has 134 valence electrons. The predicted molar refractivity (Wildman–Crippen MR) is 98.8 cm³/mol. The molecule has 1 aliphatic rings. The summed E-state index contributed by atoms with van der Waals surface area (Å²) < 4.78 is 7.24. The summed E-state index contributed by atoms with van der Waals surface area (Å²) in [6.45, 7) is 0.556. The Labute approximate surface area is 156 Å². The van der Waals surface area contributed by atoms with Gasteiger partial charge in [0.05, 0.1) is 24.6 Å². The third-order valence-electron chi connectivity index (χ3n) is 4.52. The molecule has 1 aromatic carbocycles. The van der Waals surface area contributed by atoms with Gasteiger partial charge in [0, 0.05) is 0 Å². The Morgan fingerprint density at radius 2 is 2.23 bits per heavy atom. The molecule has 1 N–H and O–H groups in total. The maximum atomic E-state index is 12.4. The van der Waals surface area contributed by atoms with E-state index in [1.165, 1.54) is 22.9 Å². The number of hydrogen-bond acceptors (Lipinski definition) is 5. The Bertz CT molecular complexity index is 875. The standard InChI is InChI=1S/C19H20N4O2S/c24-18(21-17-9-3-6-14-5-1-2-8-16(14)17)12-26-19-22-20-13-23(19)11-15-7-4-10-25-15/h1-2,4-5,7-8,10,13,17H,3,6,9,11-12H2,(H,21,24). The van der Waals surface area contributed by atoms with Crippen LogP contribution in [0.4, 0.5) is 0 Å². The number of nitrogens with one attached hydrogen (secondary N) is 1. The lowest BCUT2D eigenvalue weighted by Crippen LogP contribution is -2.32. The lowest BCUT2D eigenvalue weighted by Gasteiger charge is -2.26. The van der Waals surface area contributed by atoms with Crippen LogP contribution >= 0.6 is 11.8 Å². The van der Waals surface area contributed by atoms with Crippen LogP contribution in [-0.2, 0) is 17.8 Å². The molecule has 26 heavy (non-hydrogen) atoms. The topological polar surface area (TPSA) is 73.0 Å². The highest BCUT2D eigenvalue weighted by molar-refractivity contribution is 7.99. The zero-order valence-electron chi connectivity index (χ0n) is 14.3. The van der Waals surface area contributed by atoms with E-state index in [-0.39, 0.29) is 11.9 Å². The van der Waals surface area contributed by atoms with E-state index in [0.29, 0.717) is 17.5 Å². The molecule has 0 saturated heterocycles. The molecule has 0 spiro atoms. The van der Waals surface area contributed by atoms with Crippen LogP contribution in [-0.4, -0.2) is 26.4 Å². The maximum absolute atomic E-state index is 12.4. The molecular formula is C19H20N4O2S. The van der Waals surface area contributed by atoms with Crippen LogP contribution in [0.25, 0.3) is 0 Å². The molecule has 6 nitrogen and oxygen atoms in total. The zero-order chi connectivity index (χ0) is 17.8. The summed E-state index contributed by atoms with van der Waals surface area (Å²) >= 11 is 1.39. The average molecular weight is 368 g/mol. The van der Waals surface area contributed by atoms with E-state index in [1.807, 2.05) is 22.8 Å². The lowest BCUT2D eigenvalue weighted by atomic mass is 9.88. The molecular weight excluding hydrogens is 348 g/mol. The number of furan rings is 1. The van der Waals surface area contributed by atoms with Gasteiger partial charge in [0.15, 0.2) is 5.16 Å². The quantitative estimate of drug-likeness (QED) is 0.677. The summed E-state index contributed by atoms with van der Waals surface area (Å²) in [5, 5.41) is 11.9. The van der Waals surface area contributed by atoms with Gasteiger partial charge in [0.25, 0.3) is 0 Å². The van der Waals surface area contributed by atoms with Crippen molar-refractivity contribution in [2.24, 2.45) is 0 Å². The number of aromatic nitrogens is 3. The number of carbonyl (C=O) groups is 1. The average Bonchev–Trinajstić information content (AvgIpc) is 3.33. The van der Waals surface area contributed by atoms with Crippen molar-refractivity contribution in [3.63, 3.8) is 0 Å². The number of amides is 1. The third-order valence-corrected chi connectivity index (χ3v) is 5.50. The number of hydrogen-bond donors (Lipinski definition) is 1. The highest BCUT2D eigenvalue weighted by Gasteiger charge is 2.21. The van der Waals surface area contributed by atoms with E-state index in [1.54, 1.807) is 12.6 Å². The molecule has 2 heterocycles. The minimum absolute atomic E-state index is 0.0178. The van der Waals surface area contributed by atoms with Crippen LogP contribution in [0.5, 0.6) is 0 Å². The number of rotatable bonds is 6. The SMILES string of the molecule is O=C(CSc1nncn1Cc1ccco1)NC1CCCc2ccccc21. The summed E-state index contributed by atoms with van der Waals surface area (Å²) in [4.78, 5) is 12.4. The lowest BCUT2D eigenvalue weighted by molar-refractivity contribution is -0.119. The molecule has 1 aliphatic carbocycles. The molecule has 4 rings (SSSR count). The Morgan fingerprint density at radius 1 is 1.31 bits per heavy atom. The zero-order valence-corrected chi connectivity index (χ0v) is 15.1. The summed E-state index contributed by atoms with van der Waals surface area (Å²) in [5.74, 6) is 1.16. The highest BCUT2D eigenvalue weighted by atomic mass is 32.2. The summed E-state index contributed by atoms with van der Waals surface area (Å²) in [6, 6.07) is 12.2. The van der Waals surface area contributed by atoms with Crippen molar-refractivity contribution >= 4 is 17.7 Å². The van der Waals surface area contributed by atoms with E-state index in [9.17, 15) is 4.79 Å². The van der Waals surface area contributed by atoms with Crippen LogP contribution < -0.4 is 5.32 Å². The summed E-state index contributed by atoms with van der Waals surface area (Å²) in [5.41, 5.74) is 2.59. The van der Waals surface area contributed by atoms with Crippen molar-refractivity contribution in [1.82, 2.24) is 20.1 Å². The maximum Gasteiger partial charge on any atom is 0.230 e. The van der Waals surface area contributed by atoms with E-state index >= 15 is 0 Å². The summed E-state index contributed by atoms with van der Waals surface area (Å²) in [6.07, 6.45) is 6.48. The number of benzene rings is 1. The second-order valence-electron chi connectivity index (χ2n) is 6.32. The van der Waals surface area contributed by atoms with E-state index in [0.717, 1.165) is 25.0 Å². The molecule has 2 aromatic heterocycles. The molecule has 1 amide bonds. The van der Waals surface area contributed by atoms with Gasteiger partial charge >= 0.3 is 0 Å². The number of carbonyl (C=O) groups excluding carboxylic acids is 1. The Morgan fingerprint density at radius 3 is 3.12 bits per heavy atom. The predicted octanol–water partition coefficient (Wildman–Crippen LogP) is 3.21. The van der Waals surface area contributed by atoms with Gasteiger partial charge < -0.3 is 14.3 Å². The Kier molecular flexibility index (Phi) is 5.06. The van der Waals surface area contributed by atoms with Crippen molar-refractivity contribution in [2.75, 3.05) is 5.75 Å². The van der Waals surface area contributed by atoms with E-state index in [2.05, 4.69) is 33.7 Å². The second kappa shape index (κ2) is 7.78. The first kappa shape index (κ1) is 16.9. The molecule has 0 bridgehead atoms. The van der Waals surface area contributed by atoms with Crippen LogP contribution in [0.2, 0.25) is 0 Å². The van der Waals surface area contributed by atoms with Gasteiger partial charge in [-0.1, -0.05) is 36.0 Å². The molecule has 7 heteroatoms. The summed E-state index contributed by atoms with van der Waals surface area (Å²) in [7, 11) is 0. The second-order valence-corrected chi connectivity index (χ2v) is 7.26. The van der Waals surface area contributed by atoms with Gasteiger partial charge in [-0.2, -0.15) is 0 Å². The highest BCUT2D eigenvalue weighted by Crippen LogP contribution is 2.29. The fourth-order valence-corrected chi connectivity index (χ4v) is 4.03. The third kappa shape index (κ3) is 3.83. The van der Waals surface area contributed by atoms with Crippen LogP contribution in [0.3, 0.4) is 0 Å². The first-order chi connectivity index (χ1) is 12.8. The van der Waals surface area contributed by atoms with Gasteiger partial charge in [-0.25, -0.2) is 0 Å². The Hall–Kier alpha value is -2.54. The smallest absolute Gasteiger partial charge is 0.230 e. The van der Waals surface area contributed by atoms with Crippen molar-refractivity contribution in [2.45, 2.75) is 37.0 Å². The molecule has 0 saturated carbocycles. The van der Waals surface area contributed by atoms with E-state index in [4.69, 9.17) is 4.42 Å². The first-order valence-corrected chi connectivity index (χ1v) is 9.68. The van der Waals surface area contributed by atoms with Gasteiger partial charge in [-0.05, 0) is 42.5 Å². The first-order valence-electron chi connectivity index (χ1n) is 8.70. The minimum Gasteiger partial charge on any atom is -0.467 e. The normalized spacial score (nSPS) is 16.2. The molecule has 1 atom stereocenters. The molecule has 0 aliphatic heterocycles.